The maximum atomic E-state index is 13.9. The van der Waals surface area contributed by atoms with E-state index in [9.17, 15) is 4.39 Å². The molecule has 0 aliphatic heterocycles. The normalized spacial score (nSPS) is 10.3. The first-order chi connectivity index (χ1) is 8.99. The van der Waals surface area contributed by atoms with Crippen molar-refractivity contribution >= 4 is 40.2 Å². The van der Waals surface area contributed by atoms with Crippen molar-refractivity contribution in [2.75, 3.05) is 5.32 Å². The predicted octanol–water partition coefficient (Wildman–Crippen LogP) is 4.17. The smallest absolute Gasteiger partial charge is 0.165 e. The van der Waals surface area contributed by atoms with E-state index in [0.29, 0.717) is 11.3 Å². The molecule has 0 saturated carbocycles. The third kappa shape index (κ3) is 3.03. The third-order valence-electron chi connectivity index (χ3n) is 2.66. The molecule has 19 heavy (non-hydrogen) atoms. The van der Waals surface area contributed by atoms with Crippen molar-refractivity contribution < 1.29 is 4.39 Å². The Labute approximate surface area is 121 Å². The van der Waals surface area contributed by atoms with Crippen LogP contribution in [0.1, 0.15) is 11.1 Å². The molecule has 2 nitrogen and oxygen atoms in total. The summed E-state index contributed by atoms with van der Waals surface area (Å²) in [5.74, 6) is -0.500. The van der Waals surface area contributed by atoms with E-state index in [0.717, 1.165) is 5.56 Å². The Bertz CT molecular complexity index is 643. The minimum absolute atomic E-state index is 0.0644. The molecular weight excluding hydrogens is 283 g/mol. The molecule has 3 N–H and O–H groups in total. The predicted molar refractivity (Wildman–Crippen MR) is 81.8 cm³/mol. The van der Waals surface area contributed by atoms with Crippen LogP contribution in [0.5, 0.6) is 0 Å². The van der Waals surface area contributed by atoms with Gasteiger partial charge in [0.2, 0.25) is 0 Å². The first-order valence-electron chi connectivity index (χ1n) is 5.60. The van der Waals surface area contributed by atoms with Crippen LogP contribution < -0.4 is 11.1 Å². The van der Waals surface area contributed by atoms with Crippen molar-refractivity contribution in [1.29, 1.82) is 0 Å². The number of rotatable bonds is 3. The zero-order valence-corrected chi connectivity index (χ0v) is 11.8. The Morgan fingerprint density at radius 1 is 1.26 bits per heavy atom. The van der Waals surface area contributed by atoms with Gasteiger partial charge in [-0.3, -0.25) is 0 Å². The fourth-order valence-electron chi connectivity index (χ4n) is 1.72. The Balaban J connectivity index is 2.45. The van der Waals surface area contributed by atoms with Crippen molar-refractivity contribution in [2.45, 2.75) is 6.92 Å². The van der Waals surface area contributed by atoms with E-state index in [1.807, 2.05) is 25.1 Å². The van der Waals surface area contributed by atoms with Crippen LogP contribution in [0.25, 0.3) is 0 Å². The molecule has 0 aliphatic carbocycles. The Hall–Kier alpha value is -1.65. The molecule has 0 radical (unpaired) electrons. The summed E-state index contributed by atoms with van der Waals surface area (Å²) in [4.78, 5) is 0.255. The minimum Gasteiger partial charge on any atom is -0.389 e. The number of nitrogens with two attached hydrogens (primary N) is 1. The molecule has 0 bridgehead atoms. The third-order valence-corrected chi connectivity index (χ3v) is 3.17. The lowest BCUT2D eigenvalue weighted by atomic mass is 10.1. The van der Waals surface area contributed by atoms with Gasteiger partial charge in [0.1, 0.15) is 4.99 Å². The topological polar surface area (TPSA) is 38.0 Å². The molecule has 0 heterocycles. The van der Waals surface area contributed by atoms with Crippen LogP contribution in [0.2, 0.25) is 5.02 Å². The minimum atomic E-state index is -0.500. The maximum absolute atomic E-state index is 13.9. The number of aryl methyl sites for hydroxylation is 1. The molecule has 0 fully saturated rings. The number of nitrogens with one attached hydrogen (secondary N) is 1. The van der Waals surface area contributed by atoms with Crippen LogP contribution in [0.15, 0.2) is 36.4 Å². The SMILES string of the molecule is Cc1ccc(C(N)=S)c(Nc2cccc(Cl)c2F)c1. The second-order valence-corrected chi connectivity index (χ2v) is 4.99. The van der Waals surface area contributed by atoms with E-state index in [4.69, 9.17) is 29.6 Å². The number of hydrogen-bond donors (Lipinski definition) is 2. The Morgan fingerprint density at radius 3 is 2.68 bits per heavy atom. The molecule has 5 heteroatoms. The highest BCUT2D eigenvalue weighted by Crippen LogP contribution is 2.27. The fraction of sp³-hybridized carbons (Fsp3) is 0.0714. The first kappa shape index (κ1) is 13.8. The van der Waals surface area contributed by atoms with Gasteiger partial charge in [0.25, 0.3) is 0 Å². The highest BCUT2D eigenvalue weighted by Gasteiger charge is 2.10. The molecule has 0 saturated heterocycles. The Kier molecular flexibility index (Phi) is 4.02. The van der Waals surface area contributed by atoms with Gasteiger partial charge in [-0.1, -0.05) is 36.0 Å². The van der Waals surface area contributed by atoms with Crippen LogP contribution in [0.3, 0.4) is 0 Å². The van der Waals surface area contributed by atoms with E-state index in [1.54, 1.807) is 12.1 Å². The molecule has 2 rings (SSSR count). The van der Waals surface area contributed by atoms with Gasteiger partial charge < -0.3 is 11.1 Å². The van der Waals surface area contributed by atoms with Crippen molar-refractivity contribution in [3.63, 3.8) is 0 Å². The van der Waals surface area contributed by atoms with Crippen molar-refractivity contribution in [1.82, 2.24) is 0 Å². The van der Waals surface area contributed by atoms with Crippen LogP contribution in [-0.2, 0) is 0 Å². The molecule has 98 valence electrons. The van der Waals surface area contributed by atoms with Gasteiger partial charge in [-0.25, -0.2) is 4.39 Å². The quantitative estimate of drug-likeness (QED) is 0.835. The van der Waals surface area contributed by atoms with E-state index >= 15 is 0 Å². The average molecular weight is 295 g/mol. The zero-order valence-electron chi connectivity index (χ0n) is 10.2. The highest BCUT2D eigenvalue weighted by molar-refractivity contribution is 7.80. The van der Waals surface area contributed by atoms with E-state index in [-0.39, 0.29) is 15.7 Å². The molecule has 0 aromatic heterocycles. The average Bonchev–Trinajstić information content (AvgIpc) is 2.35. The molecule has 2 aromatic carbocycles. The van der Waals surface area contributed by atoms with E-state index in [1.165, 1.54) is 6.07 Å². The monoisotopic (exact) mass is 294 g/mol. The van der Waals surface area contributed by atoms with Gasteiger partial charge in [-0.2, -0.15) is 0 Å². The zero-order chi connectivity index (χ0) is 14.0. The molecule has 0 atom stereocenters. The summed E-state index contributed by atoms with van der Waals surface area (Å²) < 4.78 is 13.9. The Morgan fingerprint density at radius 2 is 2.00 bits per heavy atom. The lowest BCUT2D eigenvalue weighted by molar-refractivity contribution is 0.632. The van der Waals surface area contributed by atoms with Crippen LogP contribution in [0, 0.1) is 12.7 Å². The van der Waals surface area contributed by atoms with Gasteiger partial charge in [0, 0.05) is 11.3 Å². The molecule has 2 aromatic rings. The summed E-state index contributed by atoms with van der Waals surface area (Å²) in [5, 5.41) is 3.04. The molecule has 0 amide bonds. The molecule has 0 spiro atoms. The number of halogens is 2. The largest absolute Gasteiger partial charge is 0.389 e. The van der Waals surface area contributed by atoms with Gasteiger partial charge in [-0.15, -0.1) is 0 Å². The summed E-state index contributed by atoms with van der Waals surface area (Å²) in [6.45, 7) is 1.93. The number of benzene rings is 2. The van der Waals surface area contributed by atoms with Gasteiger partial charge in [0.15, 0.2) is 5.82 Å². The van der Waals surface area contributed by atoms with Crippen molar-refractivity contribution in [2.24, 2.45) is 5.73 Å². The molecule has 0 aliphatic rings. The lowest BCUT2D eigenvalue weighted by Gasteiger charge is -2.13. The van der Waals surface area contributed by atoms with Gasteiger partial charge in [-0.05, 0) is 36.8 Å². The van der Waals surface area contributed by atoms with Gasteiger partial charge in [0.05, 0.1) is 10.7 Å². The second-order valence-electron chi connectivity index (χ2n) is 4.14. The van der Waals surface area contributed by atoms with Gasteiger partial charge >= 0.3 is 0 Å². The maximum Gasteiger partial charge on any atom is 0.165 e. The van der Waals surface area contributed by atoms with Crippen LogP contribution in [-0.4, -0.2) is 4.99 Å². The summed E-state index contributed by atoms with van der Waals surface area (Å²) in [7, 11) is 0. The van der Waals surface area contributed by atoms with Crippen molar-refractivity contribution in [3.8, 4) is 0 Å². The fourth-order valence-corrected chi connectivity index (χ4v) is 2.07. The van der Waals surface area contributed by atoms with E-state index < -0.39 is 5.82 Å². The summed E-state index contributed by atoms with van der Waals surface area (Å²) in [6, 6.07) is 10.3. The second kappa shape index (κ2) is 5.55. The molecule has 0 unspecified atom stereocenters. The highest BCUT2D eigenvalue weighted by atomic mass is 35.5. The summed E-state index contributed by atoms with van der Waals surface area (Å²) in [5.41, 5.74) is 8.29. The number of thiocarbonyl (C=S) groups is 1. The van der Waals surface area contributed by atoms with Crippen LogP contribution in [0.4, 0.5) is 15.8 Å². The molecular formula is C14H12ClFN2S. The lowest BCUT2D eigenvalue weighted by Crippen LogP contribution is -2.12. The van der Waals surface area contributed by atoms with Crippen molar-refractivity contribution in [3.05, 3.63) is 58.4 Å². The summed E-state index contributed by atoms with van der Waals surface area (Å²) >= 11 is 10.7. The first-order valence-corrected chi connectivity index (χ1v) is 6.39. The number of hydrogen-bond acceptors (Lipinski definition) is 2. The standard InChI is InChI=1S/C14H12ClFN2S/c1-8-5-6-9(14(17)19)12(7-8)18-11-4-2-3-10(15)13(11)16/h2-7,18H,1H3,(H2,17,19). The van der Waals surface area contributed by atoms with E-state index in [2.05, 4.69) is 5.32 Å². The number of anilines is 2. The summed E-state index contributed by atoms with van der Waals surface area (Å²) in [6.07, 6.45) is 0. The van der Waals surface area contributed by atoms with Crippen LogP contribution >= 0.6 is 23.8 Å².